The predicted molar refractivity (Wildman–Crippen MR) is 66.3 cm³/mol. The molecule has 86 valence electrons. The Labute approximate surface area is 100 Å². The van der Waals surface area contributed by atoms with Crippen LogP contribution in [0.5, 0.6) is 0 Å². The van der Waals surface area contributed by atoms with Gasteiger partial charge in [-0.2, -0.15) is 5.10 Å². The van der Waals surface area contributed by atoms with E-state index in [9.17, 15) is 0 Å². The Hall–Kier alpha value is -0.380. The van der Waals surface area contributed by atoms with Gasteiger partial charge < -0.3 is 0 Å². The van der Waals surface area contributed by atoms with E-state index < -0.39 is 0 Å². The molecular weight excluding hydrogens is 254 g/mol. The first-order valence-electron chi connectivity index (χ1n) is 5.78. The summed E-state index contributed by atoms with van der Waals surface area (Å²) in [6.45, 7) is 5.36. The maximum absolute atomic E-state index is 4.30. The number of aromatic nitrogens is 3. The van der Waals surface area contributed by atoms with E-state index in [0.29, 0.717) is 4.83 Å². The normalized spacial score (nSPS) is 13.0. The molecule has 0 radical (unpaired) electrons. The summed E-state index contributed by atoms with van der Waals surface area (Å²) in [7, 11) is 0. The highest BCUT2D eigenvalue weighted by atomic mass is 79.9. The molecule has 15 heavy (non-hydrogen) atoms. The summed E-state index contributed by atoms with van der Waals surface area (Å²) >= 11 is 3.69. The molecule has 3 nitrogen and oxygen atoms in total. The van der Waals surface area contributed by atoms with Gasteiger partial charge in [0.15, 0.2) is 0 Å². The van der Waals surface area contributed by atoms with Crippen LogP contribution in [0.25, 0.3) is 0 Å². The zero-order valence-electron chi connectivity index (χ0n) is 9.62. The summed E-state index contributed by atoms with van der Waals surface area (Å²) in [4.78, 5) is 4.92. The summed E-state index contributed by atoms with van der Waals surface area (Å²) in [5.74, 6) is 1.12. The molecule has 1 heterocycles. The van der Waals surface area contributed by atoms with E-state index in [0.717, 1.165) is 31.6 Å². The molecule has 1 aromatic rings. The Kier molecular flexibility index (Phi) is 5.91. The van der Waals surface area contributed by atoms with Crippen molar-refractivity contribution in [3.8, 4) is 0 Å². The average Bonchev–Trinajstić information content (AvgIpc) is 2.64. The SMILES string of the molecule is CCCC(Br)CCc1ncnn1CCC. The molecule has 1 atom stereocenters. The molecule has 0 aromatic carbocycles. The predicted octanol–water partition coefficient (Wildman–Crippen LogP) is 3.18. The van der Waals surface area contributed by atoms with Crippen LogP contribution >= 0.6 is 15.9 Å². The monoisotopic (exact) mass is 273 g/mol. The third kappa shape index (κ3) is 4.33. The van der Waals surface area contributed by atoms with Crippen LogP contribution in [-0.2, 0) is 13.0 Å². The first-order valence-corrected chi connectivity index (χ1v) is 6.70. The molecule has 0 N–H and O–H groups in total. The van der Waals surface area contributed by atoms with Gasteiger partial charge in [-0.1, -0.05) is 36.2 Å². The highest BCUT2D eigenvalue weighted by molar-refractivity contribution is 9.09. The Bertz CT molecular complexity index is 273. The fourth-order valence-electron chi connectivity index (χ4n) is 1.62. The lowest BCUT2D eigenvalue weighted by molar-refractivity contribution is 0.555. The number of halogens is 1. The zero-order chi connectivity index (χ0) is 11.1. The molecule has 0 spiro atoms. The minimum atomic E-state index is 0.620. The highest BCUT2D eigenvalue weighted by Gasteiger charge is 2.07. The number of hydrogen-bond donors (Lipinski definition) is 0. The fraction of sp³-hybridized carbons (Fsp3) is 0.818. The molecule has 0 saturated carbocycles. The van der Waals surface area contributed by atoms with Crippen molar-refractivity contribution < 1.29 is 0 Å². The van der Waals surface area contributed by atoms with Crippen molar-refractivity contribution in [2.45, 2.75) is 57.3 Å². The van der Waals surface area contributed by atoms with Crippen molar-refractivity contribution in [1.29, 1.82) is 0 Å². The Morgan fingerprint density at radius 1 is 1.33 bits per heavy atom. The van der Waals surface area contributed by atoms with Gasteiger partial charge in [0.1, 0.15) is 12.2 Å². The summed E-state index contributed by atoms with van der Waals surface area (Å²) in [5.41, 5.74) is 0. The van der Waals surface area contributed by atoms with Crippen molar-refractivity contribution in [2.24, 2.45) is 0 Å². The van der Waals surface area contributed by atoms with Crippen LogP contribution in [0.15, 0.2) is 6.33 Å². The van der Waals surface area contributed by atoms with Crippen LogP contribution < -0.4 is 0 Å². The smallest absolute Gasteiger partial charge is 0.138 e. The molecule has 0 aliphatic carbocycles. The molecule has 1 unspecified atom stereocenters. The van der Waals surface area contributed by atoms with Crippen molar-refractivity contribution in [2.75, 3.05) is 0 Å². The van der Waals surface area contributed by atoms with Crippen LogP contribution in [0.2, 0.25) is 0 Å². The lowest BCUT2D eigenvalue weighted by Gasteiger charge is -2.08. The maximum atomic E-state index is 4.30. The van der Waals surface area contributed by atoms with Gasteiger partial charge in [-0.25, -0.2) is 4.98 Å². The van der Waals surface area contributed by atoms with Crippen molar-refractivity contribution in [3.05, 3.63) is 12.2 Å². The molecule has 1 aromatic heterocycles. The third-order valence-corrected chi connectivity index (χ3v) is 3.33. The number of aryl methyl sites for hydroxylation is 2. The van der Waals surface area contributed by atoms with Crippen LogP contribution in [0.4, 0.5) is 0 Å². The summed E-state index contributed by atoms with van der Waals surface area (Å²) < 4.78 is 2.02. The van der Waals surface area contributed by atoms with E-state index in [1.54, 1.807) is 6.33 Å². The van der Waals surface area contributed by atoms with E-state index in [2.05, 4.69) is 39.9 Å². The Balaban J connectivity index is 2.39. The van der Waals surface area contributed by atoms with Gasteiger partial charge in [0.05, 0.1) is 0 Å². The van der Waals surface area contributed by atoms with E-state index in [1.165, 1.54) is 12.8 Å². The molecule has 0 saturated heterocycles. The quantitative estimate of drug-likeness (QED) is 0.715. The summed E-state index contributed by atoms with van der Waals surface area (Å²) in [5, 5.41) is 4.22. The van der Waals surface area contributed by atoms with Crippen molar-refractivity contribution in [1.82, 2.24) is 14.8 Å². The Morgan fingerprint density at radius 3 is 2.80 bits per heavy atom. The number of alkyl halides is 1. The molecule has 0 aliphatic heterocycles. The standard InChI is InChI=1S/C11H20BrN3/c1-3-5-10(12)6-7-11-13-9-14-15(11)8-4-2/h9-10H,3-8H2,1-2H3. The largest absolute Gasteiger partial charge is 0.250 e. The molecule has 1 rings (SSSR count). The molecule has 0 fully saturated rings. The fourth-order valence-corrected chi connectivity index (χ4v) is 2.31. The molecule has 4 heteroatoms. The number of rotatable bonds is 7. The van der Waals surface area contributed by atoms with Gasteiger partial charge in [0.2, 0.25) is 0 Å². The van der Waals surface area contributed by atoms with Crippen LogP contribution in [-0.4, -0.2) is 19.6 Å². The van der Waals surface area contributed by atoms with Gasteiger partial charge in [0.25, 0.3) is 0 Å². The van der Waals surface area contributed by atoms with Gasteiger partial charge in [-0.15, -0.1) is 0 Å². The summed E-state index contributed by atoms with van der Waals surface area (Å²) in [6, 6.07) is 0. The van der Waals surface area contributed by atoms with Crippen molar-refractivity contribution in [3.63, 3.8) is 0 Å². The van der Waals surface area contributed by atoms with Gasteiger partial charge in [0, 0.05) is 17.8 Å². The minimum absolute atomic E-state index is 0.620. The lowest BCUT2D eigenvalue weighted by Crippen LogP contribution is -2.08. The highest BCUT2D eigenvalue weighted by Crippen LogP contribution is 2.14. The van der Waals surface area contributed by atoms with E-state index in [4.69, 9.17) is 0 Å². The first kappa shape index (κ1) is 12.7. The topological polar surface area (TPSA) is 30.7 Å². The number of hydrogen-bond acceptors (Lipinski definition) is 2. The van der Waals surface area contributed by atoms with Crippen molar-refractivity contribution >= 4 is 15.9 Å². The van der Waals surface area contributed by atoms with Gasteiger partial charge in [-0.05, 0) is 19.3 Å². The Morgan fingerprint density at radius 2 is 2.13 bits per heavy atom. The second kappa shape index (κ2) is 6.99. The van der Waals surface area contributed by atoms with E-state index in [-0.39, 0.29) is 0 Å². The molecule has 0 amide bonds. The van der Waals surface area contributed by atoms with Crippen LogP contribution in [0.3, 0.4) is 0 Å². The maximum Gasteiger partial charge on any atom is 0.138 e. The summed E-state index contributed by atoms with van der Waals surface area (Å²) in [6.07, 6.45) is 7.42. The third-order valence-electron chi connectivity index (χ3n) is 2.41. The first-order chi connectivity index (χ1) is 7.27. The molecular formula is C11H20BrN3. The second-order valence-electron chi connectivity index (χ2n) is 3.82. The van der Waals surface area contributed by atoms with E-state index in [1.807, 2.05) is 4.68 Å². The second-order valence-corrected chi connectivity index (χ2v) is 5.12. The van der Waals surface area contributed by atoms with Crippen LogP contribution in [0.1, 0.15) is 45.4 Å². The molecule has 0 bridgehead atoms. The van der Waals surface area contributed by atoms with Gasteiger partial charge >= 0.3 is 0 Å². The number of nitrogens with zero attached hydrogens (tertiary/aromatic N) is 3. The van der Waals surface area contributed by atoms with Crippen LogP contribution in [0, 0.1) is 0 Å². The minimum Gasteiger partial charge on any atom is -0.250 e. The van der Waals surface area contributed by atoms with Gasteiger partial charge in [-0.3, -0.25) is 4.68 Å². The zero-order valence-corrected chi connectivity index (χ0v) is 11.2. The lowest BCUT2D eigenvalue weighted by atomic mass is 10.1. The van der Waals surface area contributed by atoms with E-state index >= 15 is 0 Å². The average molecular weight is 274 g/mol. The molecule has 0 aliphatic rings.